The number of nitrogens with two attached hydrogens (primary N) is 1. The predicted molar refractivity (Wildman–Crippen MR) is 134 cm³/mol. The van der Waals surface area contributed by atoms with Crippen molar-refractivity contribution in [1.29, 1.82) is 0 Å². The number of sulfone groups is 1. The second-order valence-corrected chi connectivity index (χ2v) is 11.1. The molecular weight excluding hydrogens is 456 g/mol. The quantitative estimate of drug-likeness (QED) is 0.355. The summed E-state index contributed by atoms with van der Waals surface area (Å²) in [7, 11) is -1.60. The summed E-state index contributed by atoms with van der Waals surface area (Å²) in [5, 5.41) is 3.83. The van der Waals surface area contributed by atoms with E-state index in [-0.39, 0.29) is 5.78 Å². The lowest BCUT2D eigenvalue weighted by Gasteiger charge is -2.07. The maximum Gasteiger partial charge on any atom is 0.192 e. The lowest BCUT2D eigenvalue weighted by Crippen LogP contribution is -2.21. The van der Waals surface area contributed by atoms with Gasteiger partial charge in [0.1, 0.15) is 10.8 Å². The van der Waals surface area contributed by atoms with Gasteiger partial charge in [-0.3, -0.25) is 9.79 Å². The van der Waals surface area contributed by atoms with E-state index in [1.165, 1.54) is 6.26 Å². The van der Waals surface area contributed by atoms with Gasteiger partial charge in [0.2, 0.25) is 0 Å². The molecule has 9 heteroatoms. The molecule has 0 spiro atoms. The molecule has 0 atom stereocenters. The Morgan fingerprint density at radius 2 is 1.70 bits per heavy atom. The third-order valence-electron chi connectivity index (χ3n) is 5.06. The van der Waals surface area contributed by atoms with E-state index in [0.717, 1.165) is 45.2 Å². The Hall–Kier alpha value is -3.04. The Kier molecular flexibility index (Phi) is 7.99. The van der Waals surface area contributed by atoms with Crippen LogP contribution in [-0.2, 0) is 40.3 Å². The first-order valence-corrected chi connectivity index (χ1v) is 13.2. The van der Waals surface area contributed by atoms with E-state index < -0.39 is 9.84 Å². The van der Waals surface area contributed by atoms with Gasteiger partial charge in [0.25, 0.3) is 0 Å². The van der Waals surface area contributed by atoms with Gasteiger partial charge in [0.15, 0.2) is 15.8 Å². The van der Waals surface area contributed by atoms with Crippen molar-refractivity contribution < 1.29 is 13.2 Å². The van der Waals surface area contributed by atoms with E-state index in [0.29, 0.717) is 23.7 Å². The number of nitrogens with one attached hydrogen (secondary N) is 1. The minimum atomic E-state index is -3.23. The number of rotatable bonds is 9. The number of aliphatic imine (C=N–C) groups is 1. The average Bonchev–Trinajstić information content (AvgIpc) is 3.13. The zero-order valence-corrected chi connectivity index (χ0v) is 20.6. The van der Waals surface area contributed by atoms with Crippen LogP contribution in [0.25, 0.3) is 0 Å². The average molecular weight is 485 g/mol. The first kappa shape index (κ1) is 24.6. The molecule has 7 nitrogen and oxygen atoms in total. The van der Waals surface area contributed by atoms with Crippen molar-refractivity contribution in [2.45, 2.75) is 37.5 Å². The molecule has 3 rings (SSSR count). The number of hydrogen-bond donors (Lipinski definition) is 2. The third kappa shape index (κ3) is 7.23. The molecular formula is C24H28N4O3S2. The van der Waals surface area contributed by atoms with E-state index in [9.17, 15) is 13.2 Å². The molecule has 33 heavy (non-hydrogen) atoms. The molecule has 0 radical (unpaired) electrons. The zero-order chi connectivity index (χ0) is 24.0. The van der Waals surface area contributed by atoms with Gasteiger partial charge in [-0.25, -0.2) is 13.4 Å². The van der Waals surface area contributed by atoms with Gasteiger partial charge in [0, 0.05) is 30.3 Å². The maximum atomic E-state index is 11.7. The lowest BCUT2D eigenvalue weighted by molar-refractivity contribution is -0.116. The van der Waals surface area contributed by atoms with Crippen molar-refractivity contribution in [3.05, 3.63) is 75.2 Å². The van der Waals surface area contributed by atoms with Crippen molar-refractivity contribution in [3.8, 4) is 0 Å². The van der Waals surface area contributed by atoms with Crippen LogP contribution in [0.4, 0.5) is 5.69 Å². The molecule has 3 N–H and O–H groups in total. The van der Waals surface area contributed by atoms with Gasteiger partial charge < -0.3 is 11.1 Å². The smallest absolute Gasteiger partial charge is 0.192 e. The van der Waals surface area contributed by atoms with Crippen LogP contribution in [0.5, 0.6) is 0 Å². The third-order valence-corrected chi connectivity index (χ3v) is 7.28. The Morgan fingerprint density at radius 3 is 2.27 bits per heavy atom. The van der Waals surface area contributed by atoms with E-state index in [1.807, 2.05) is 36.4 Å². The molecule has 0 amide bonds. The summed E-state index contributed by atoms with van der Waals surface area (Å²) in [5.41, 5.74) is 9.72. The number of anilines is 1. The number of Topliss-reactive ketones (excluding diaryl/α,β-unsaturated/α-hetero) is 1. The van der Waals surface area contributed by atoms with Gasteiger partial charge in [-0.05, 0) is 55.2 Å². The Labute approximate surface area is 198 Å². The summed E-state index contributed by atoms with van der Waals surface area (Å²) >= 11 is 1.55. The van der Waals surface area contributed by atoms with Crippen molar-refractivity contribution in [2.24, 2.45) is 10.7 Å². The summed E-state index contributed by atoms with van der Waals surface area (Å²) in [6.07, 6.45) is 3.72. The van der Waals surface area contributed by atoms with Crippen LogP contribution in [0, 0.1) is 0 Å². The largest absolute Gasteiger partial charge is 0.370 e. The number of ketones is 1. The van der Waals surface area contributed by atoms with Gasteiger partial charge in [-0.1, -0.05) is 24.3 Å². The number of carbonyl (C=O) groups excluding carboxylic acids is 1. The van der Waals surface area contributed by atoms with E-state index in [4.69, 9.17) is 10.7 Å². The fourth-order valence-electron chi connectivity index (χ4n) is 3.32. The van der Waals surface area contributed by atoms with Gasteiger partial charge in [-0.2, -0.15) is 0 Å². The number of guanidine groups is 1. The monoisotopic (exact) mass is 484 g/mol. The number of hydrogen-bond acceptors (Lipinski definition) is 6. The standard InChI is InChI=1S/C24H28N4O3S2/c1-16(29)14-23-28-21(13-8-17-4-9-19(10-5-17)27-24(25)26-2)22(32-23)15-18-6-11-20(12-7-18)33(3,30)31/h4-7,9-12H,8,13-15H2,1-3H3,(H3,25,26,27). The summed E-state index contributed by atoms with van der Waals surface area (Å²) < 4.78 is 23.4. The van der Waals surface area contributed by atoms with Crippen LogP contribution in [-0.4, -0.2) is 38.4 Å². The highest BCUT2D eigenvalue weighted by Gasteiger charge is 2.14. The molecule has 1 heterocycles. The van der Waals surface area contributed by atoms with Gasteiger partial charge in [0.05, 0.1) is 17.0 Å². The van der Waals surface area contributed by atoms with Crippen LogP contribution in [0.15, 0.2) is 58.4 Å². The van der Waals surface area contributed by atoms with E-state index in [1.54, 1.807) is 37.4 Å². The topological polar surface area (TPSA) is 115 Å². The maximum absolute atomic E-state index is 11.7. The fraction of sp³-hybridized carbons (Fsp3) is 0.292. The number of aryl methyl sites for hydroxylation is 2. The summed E-state index contributed by atoms with van der Waals surface area (Å²) in [6, 6.07) is 14.9. The van der Waals surface area contributed by atoms with Gasteiger partial charge >= 0.3 is 0 Å². The highest BCUT2D eigenvalue weighted by molar-refractivity contribution is 7.90. The van der Waals surface area contributed by atoms with Crippen LogP contribution >= 0.6 is 11.3 Å². The molecule has 1 aromatic heterocycles. The Morgan fingerprint density at radius 1 is 1.06 bits per heavy atom. The highest BCUT2D eigenvalue weighted by Crippen LogP contribution is 2.25. The molecule has 0 unspecified atom stereocenters. The van der Waals surface area contributed by atoms with Crippen LogP contribution in [0.1, 0.15) is 33.6 Å². The van der Waals surface area contributed by atoms with Crippen LogP contribution in [0.2, 0.25) is 0 Å². The predicted octanol–water partition coefficient (Wildman–Crippen LogP) is 3.41. The first-order chi connectivity index (χ1) is 15.6. The van der Waals surface area contributed by atoms with Crippen molar-refractivity contribution >= 4 is 38.6 Å². The van der Waals surface area contributed by atoms with Crippen molar-refractivity contribution in [1.82, 2.24) is 4.98 Å². The molecule has 0 aliphatic rings. The van der Waals surface area contributed by atoms with E-state index in [2.05, 4.69) is 10.3 Å². The molecule has 3 aromatic rings. The van der Waals surface area contributed by atoms with Crippen LogP contribution in [0.3, 0.4) is 0 Å². The first-order valence-electron chi connectivity index (χ1n) is 10.5. The molecule has 2 aromatic carbocycles. The highest BCUT2D eigenvalue weighted by atomic mass is 32.2. The lowest BCUT2D eigenvalue weighted by atomic mass is 10.0. The number of carbonyl (C=O) groups is 1. The minimum Gasteiger partial charge on any atom is -0.370 e. The van der Waals surface area contributed by atoms with Gasteiger partial charge in [-0.15, -0.1) is 11.3 Å². The summed E-state index contributed by atoms with van der Waals surface area (Å²) in [6.45, 7) is 1.57. The fourth-order valence-corrected chi connectivity index (χ4v) is 5.17. The molecule has 0 aliphatic heterocycles. The number of benzene rings is 2. The Balaban J connectivity index is 1.75. The molecule has 0 saturated carbocycles. The number of thiazole rings is 1. The van der Waals surface area contributed by atoms with Crippen LogP contribution < -0.4 is 11.1 Å². The number of nitrogens with zero attached hydrogens (tertiary/aromatic N) is 2. The number of aromatic nitrogens is 1. The minimum absolute atomic E-state index is 0.0809. The summed E-state index contributed by atoms with van der Waals surface area (Å²) in [4.78, 5) is 21.7. The van der Waals surface area contributed by atoms with Crippen molar-refractivity contribution in [2.75, 3.05) is 18.6 Å². The Bertz CT molecular complexity index is 1250. The molecule has 0 fully saturated rings. The zero-order valence-electron chi connectivity index (χ0n) is 19.0. The van der Waals surface area contributed by atoms with Crippen molar-refractivity contribution in [3.63, 3.8) is 0 Å². The SMILES string of the molecule is CN=C(N)Nc1ccc(CCc2nc(CC(C)=O)sc2Cc2ccc(S(C)(=O)=O)cc2)cc1. The normalized spacial score (nSPS) is 12.0. The second-order valence-electron chi connectivity index (χ2n) is 7.88. The summed E-state index contributed by atoms with van der Waals surface area (Å²) in [5.74, 6) is 0.440. The molecule has 174 valence electrons. The molecule has 0 saturated heterocycles. The molecule has 0 aliphatic carbocycles. The molecule has 0 bridgehead atoms. The second kappa shape index (κ2) is 10.7. The van der Waals surface area contributed by atoms with E-state index >= 15 is 0 Å².